The summed E-state index contributed by atoms with van der Waals surface area (Å²) in [6.07, 6.45) is 0. The second-order valence-electron chi connectivity index (χ2n) is 4.06. The van der Waals surface area contributed by atoms with Gasteiger partial charge in [-0.1, -0.05) is 6.07 Å². The third kappa shape index (κ3) is 3.17. The Hall–Kier alpha value is -1.75. The molecule has 0 saturated heterocycles. The van der Waals surface area contributed by atoms with Gasteiger partial charge in [0.05, 0.1) is 11.3 Å². The van der Waals surface area contributed by atoms with Gasteiger partial charge < -0.3 is 5.32 Å². The number of nitrogens with one attached hydrogen (secondary N) is 1. The average molecular weight is 326 g/mol. The minimum atomic E-state index is -0.587. The number of aryl methyl sites for hydroxylation is 1. The fraction of sp³-hybridized carbons (Fsp3) is 0.0714. The SMILES string of the molecule is Cc1ccc(C(=O)Nc2ccc(F)cc2Br)c(F)c1. The van der Waals surface area contributed by atoms with Crippen LogP contribution in [0, 0.1) is 18.6 Å². The number of hydrogen-bond donors (Lipinski definition) is 1. The molecule has 19 heavy (non-hydrogen) atoms. The summed E-state index contributed by atoms with van der Waals surface area (Å²) < 4.78 is 26.9. The topological polar surface area (TPSA) is 29.1 Å². The van der Waals surface area contributed by atoms with E-state index in [0.29, 0.717) is 10.2 Å². The number of amides is 1. The van der Waals surface area contributed by atoms with Crippen molar-refractivity contribution in [3.8, 4) is 0 Å². The van der Waals surface area contributed by atoms with Crippen LogP contribution in [0.15, 0.2) is 40.9 Å². The Balaban J connectivity index is 2.25. The van der Waals surface area contributed by atoms with E-state index < -0.39 is 17.5 Å². The van der Waals surface area contributed by atoms with Crippen molar-refractivity contribution in [2.45, 2.75) is 6.92 Å². The molecule has 1 amide bonds. The van der Waals surface area contributed by atoms with Gasteiger partial charge in [0.25, 0.3) is 5.91 Å². The third-order valence-electron chi connectivity index (χ3n) is 2.55. The molecule has 2 nitrogen and oxygen atoms in total. The second-order valence-corrected chi connectivity index (χ2v) is 4.92. The number of rotatable bonds is 2. The number of carbonyl (C=O) groups is 1. The smallest absolute Gasteiger partial charge is 0.258 e. The van der Waals surface area contributed by atoms with E-state index in [-0.39, 0.29) is 5.56 Å². The molecular formula is C14H10BrF2NO. The van der Waals surface area contributed by atoms with Gasteiger partial charge in [0.2, 0.25) is 0 Å². The lowest BCUT2D eigenvalue weighted by molar-refractivity contribution is 0.102. The zero-order valence-corrected chi connectivity index (χ0v) is 11.6. The van der Waals surface area contributed by atoms with Crippen LogP contribution in [0.1, 0.15) is 15.9 Å². The molecule has 1 N–H and O–H groups in total. The molecule has 0 radical (unpaired) electrons. The van der Waals surface area contributed by atoms with Crippen molar-refractivity contribution in [3.63, 3.8) is 0 Å². The van der Waals surface area contributed by atoms with Crippen LogP contribution < -0.4 is 5.32 Å². The summed E-state index contributed by atoms with van der Waals surface area (Å²) in [6, 6.07) is 8.19. The Kier molecular flexibility index (Phi) is 3.95. The first-order chi connectivity index (χ1) is 8.97. The molecule has 98 valence electrons. The summed E-state index contributed by atoms with van der Waals surface area (Å²) >= 11 is 3.13. The van der Waals surface area contributed by atoms with Crippen LogP contribution in [0.5, 0.6) is 0 Å². The lowest BCUT2D eigenvalue weighted by Gasteiger charge is -2.08. The predicted octanol–water partition coefficient (Wildman–Crippen LogP) is 4.29. The number of hydrogen-bond acceptors (Lipinski definition) is 1. The maximum absolute atomic E-state index is 13.6. The Morgan fingerprint density at radius 3 is 2.53 bits per heavy atom. The first-order valence-electron chi connectivity index (χ1n) is 5.50. The van der Waals surface area contributed by atoms with Gasteiger partial charge in [-0.05, 0) is 58.7 Å². The minimum absolute atomic E-state index is 0.0539. The quantitative estimate of drug-likeness (QED) is 0.876. The molecule has 0 saturated carbocycles. The van der Waals surface area contributed by atoms with Gasteiger partial charge in [0.15, 0.2) is 0 Å². The monoisotopic (exact) mass is 325 g/mol. The van der Waals surface area contributed by atoms with Crippen LogP contribution in [-0.2, 0) is 0 Å². The lowest BCUT2D eigenvalue weighted by atomic mass is 10.1. The normalized spacial score (nSPS) is 10.3. The van der Waals surface area contributed by atoms with E-state index in [2.05, 4.69) is 21.2 Å². The fourth-order valence-electron chi connectivity index (χ4n) is 1.58. The van der Waals surface area contributed by atoms with E-state index in [1.165, 1.54) is 30.3 Å². The van der Waals surface area contributed by atoms with Crippen molar-refractivity contribution in [2.24, 2.45) is 0 Å². The highest BCUT2D eigenvalue weighted by atomic mass is 79.9. The van der Waals surface area contributed by atoms with Crippen LogP contribution in [0.4, 0.5) is 14.5 Å². The highest BCUT2D eigenvalue weighted by molar-refractivity contribution is 9.10. The van der Waals surface area contributed by atoms with Crippen LogP contribution in [0.2, 0.25) is 0 Å². The molecule has 2 aromatic carbocycles. The summed E-state index contributed by atoms with van der Waals surface area (Å²) in [5.74, 6) is -1.59. The van der Waals surface area contributed by atoms with Gasteiger partial charge in [-0.3, -0.25) is 4.79 Å². The molecule has 0 aliphatic carbocycles. The van der Waals surface area contributed by atoms with Gasteiger partial charge in [-0.2, -0.15) is 0 Å². The molecule has 0 fully saturated rings. The highest BCUT2D eigenvalue weighted by Gasteiger charge is 2.13. The van der Waals surface area contributed by atoms with Crippen LogP contribution in [-0.4, -0.2) is 5.91 Å². The third-order valence-corrected chi connectivity index (χ3v) is 3.20. The Bertz CT molecular complexity index is 643. The van der Waals surface area contributed by atoms with Crippen molar-refractivity contribution < 1.29 is 13.6 Å². The Morgan fingerprint density at radius 1 is 1.16 bits per heavy atom. The van der Waals surface area contributed by atoms with Crippen molar-refractivity contribution in [1.29, 1.82) is 0 Å². The molecule has 0 unspecified atom stereocenters. The lowest BCUT2D eigenvalue weighted by Crippen LogP contribution is -2.14. The minimum Gasteiger partial charge on any atom is -0.321 e. The van der Waals surface area contributed by atoms with E-state index in [1.807, 2.05) is 0 Å². The van der Waals surface area contributed by atoms with Crippen molar-refractivity contribution >= 4 is 27.5 Å². The van der Waals surface area contributed by atoms with E-state index in [1.54, 1.807) is 13.0 Å². The summed E-state index contributed by atoms with van der Waals surface area (Å²) in [7, 11) is 0. The van der Waals surface area contributed by atoms with Crippen molar-refractivity contribution in [3.05, 3.63) is 63.6 Å². The summed E-state index contributed by atoms with van der Waals surface area (Å²) in [5.41, 5.74) is 1.06. The largest absolute Gasteiger partial charge is 0.321 e. The van der Waals surface area contributed by atoms with Crippen LogP contribution >= 0.6 is 15.9 Å². The summed E-state index contributed by atoms with van der Waals surface area (Å²) in [4.78, 5) is 11.9. The molecule has 0 aromatic heterocycles. The van der Waals surface area contributed by atoms with Gasteiger partial charge >= 0.3 is 0 Å². The molecule has 0 bridgehead atoms. The van der Waals surface area contributed by atoms with E-state index in [9.17, 15) is 13.6 Å². The standard InChI is InChI=1S/C14H10BrF2NO/c1-8-2-4-10(12(17)6-8)14(19)18-13-5-3-9(16)7-11(13)15/h2-7H,1H3,(H,18,19). The maximum Gasteiger partial charge on any atom is 0.258 e. The second kappa shape index (κ2) is 5.48. The molecule has 0 atom stereocenters. The molecule has 0 heterocycles. The summed E-state index contributed by atoms with van der Waals surface area (Å²) in [6.45, 7) is 1.74. The van der Waals surface area contributed by atoms with Crippen LogP contribution in [0.25, 0.3) is 0 Å². The van der Waals surface area contributed by atoms with Gasteiger partial charge in [0, 0.05) is 4.47 Å². The number of halogens is 3. The number of anilines is 1. The van der Waals surface area contributed by atoms with E-state index >= 15 is 0 Å². The predicted molar refractivity (Wildman–Crippen MR) is 73.2 cm³/mol. The number of benzene rings is 2. The van der Waals surface area contributed by atoms with Gasteiger partial charge in [0.1, 0.15) is 11.6 Å². The molecule has 0 spiro atoms. The maximum atomic E-state index is 13.6. The molecule has 0 aliphatic rings. The molecule has 0 aliphatic heterocycles. The zero-order valence-electron chi connectivity index (χ0n) is 10.0. The van der Waals surface area contributed by atoms with E-state index in [0.717, 1.165) is 5.56 Å². The van der Waals surface area contributed by atoms with Gasteiger partial charge in [-0.15, -0.1) is 0 Å². The average Bonchev–Trinajstić information content (AvgIpc) is 2.32. The molecule has 5 heteroatoms. The van der Waals surface area contributed by atoms with Crippen molar-refractivity contribution in [1.82, 2.24) is 0 Å². The first kappa shape index (κ1) is 13.7. The Labute approximate surface area is 117 Å². The first-order valence-corrected chi connectivity index (χ1v) is 6.29. The Morgan fingerprint density at radius 2 is 1.89 bits per heavy atom. The zero-order chi connectivity index (χ0) is 14.0. The summed E-state index contributed by atoms with van der Waals surface area (Å²) in [5, 5.41) is 2.52. The fourth-order valence-corrected chi connectivity index (χ4v) is 2.03. The van der Waals surface area contributed by atoms with Gasteiger partial charge in [-0.25, -0.2) is 8.78 Å². The molecule has 2 rings (SSSR count). The highest BCUT2D eigenvalue weighted by Crippen LogP contribution is 2.24. The number of carbonyl (C=O) groups excluding carboxylic acids is 1. The van der Waals surface area contributed by atoms with E-state index in [4.69, 9.17) is 0 Å². The van der Waals surface area contributed by atoms with Crippen LogP contribution in [0.3, 0.4) is 0 Å². The molecular weight excluding hydrogens is 316 g/mol. The molecule has 2 aromatic rings. The van der Waals surface area contributed by atoms with Crippen molar-refractivity contribution in [2.75, 3.05) is 5.32 Å².